The van der Waals surface area contributed by atoms with Gasteiger partial charge in [-0.15, -0.1) is 0 Å². The second kappa shape index (κ2) is 7.34. The molecule has 1 rings (SSSR count). The Bertz CT molecular complexity index is 420. The highest BCUT2D eigenvalue weighted by molar-refractivity contribution is 7.80. The first-order valence-corrected chi connectivity index (χ1v) is 6.64. The number of carbonyl (C=O) groups excluding carboxylic acids is 1. The summed E-state index contributed by atoms with van der Waals surface area (Å²) < 4.78 is 0. The topological polar surface area (TPSA) is 55.1 Å². The van der Waals surface area contributed by atoms with E-state index in [2.05, 4.69) is 5.32 Å². The summed E-state index contributed by atoms with van der Waals surface area (Å²) in [6.45, 7) is 2.45. The smallest absolute Gasteiger partial charge is 0.230 e. The minimum absolute atomic E-state index is 0.112. The van der Waals surface area contributed by atoms with Crippen molar-refractivity contribution in [1.29, 1.82) is 0 Å². The van der Waals surface area contributed by atoms with Crippen LogP contribution >= 0.6 is 23.8 Å². The van der Waals surface area contributed by atoms with Crippen LogP contribution in [0.15, 0.2) is 24.3 Å². The van der Waals surface area contributed by atoms with Gasteiger partial charge in [-0.25, -0.2) is 0 Å². The number of amides is 1. The van der Waals surface area contributed by atoms with E-state index in [-0.39, 0.29) is 16.8 Å². The van der Waals surface area contributed by atoms with Gasteiger partial charge in [0, 0.05) is 11.6 Å². The van der Waals surface area contributed by atoms with E-state index in [1.807, 2.05) is 19.1 Å². The normalized spacial score (nSPS) is 11.9. The Kier molecular flexibility index (Phi) is 6.09. The lowest BCUT2D eigenvalue weighted by atomic mass is 10.0. The van der Waals surface area contributed by atoms with Gasteiger partial charge in [0.2, 0.25) is 5.91 Å². The molecule has 0 aliphatic carbocycles. The summed E-state index contributed by atoms with van der Waals surface area (Å²) in [6.07, 6.45) is 1.55. The van der Waals surface area contributed by atoms with Crippen molar-refractivity contribution in [3.63, 3.8) is 0 Å². The molecule has 3 N–H and O–H groups in total. The van der Waals surface area contributed by atoms with Crippen LogP contribution in [0, 0.1) is 5.92 Å². The predicted molar refractivity (Wildman–Crippen MR) is 78.5 cm³/mol. The van der Waals surface area contributed by atoms with Crippen LogP contribution in [0.4, 0.5) is 0 Å². The van der Waals surface area contributed by atoms with Crippen LogP contribution in [0.5, 0.6) is 0 Å². The lowest BCUT2D eigenvalue weighted by Gasteiger charge is -2.14. The standard InChI is InChI=1S/C13H17ClN2OS/c1-2-3-11(12(15)18)13(17)16-8-9-4-6-10(14)7-5-9/h4-7,11H,2-3,8H2,1H3,(H2,15,18)(H,16,17). The highest BCUT2D eigenvalue weighted by Crippen LogP contribution is 2.10. The Morgan fingerprint density at radius 3 is 2.56 bits per heavy atom. The van der Waals surface area contributed by atoms with Crippen molar-refractivity contribution >= 4 is 34.7 Å². The molecule has 0 radical (unpaired) electrons. The van der Waals surface area contributed by atoms with Gasteiger partial charge in [-0.1, -0.05) is 49.3 Å². The van der Waals surface area contributed by atoms with Crippen LogP contribution in [-0.4, -0.2) is 10.9 Å². The molecule has 0 bridgehead atoms. The Balaban J connectivity index is 2.53. The van der Waals surface area contributed by atoms with Gasteiger partial charge in [0.15, 0.2) is 0 Å². The van der Waals surface area contributed by atoms with Crippen LogP contribution in [0.2, 0.25) is 5.02 Å². The van der Waals surface area contributed by atoms with E-state index in [9.17, 15) is 4.79 Å². The van der Waals surface area contributed by atoms with Gasteiger partial charge in [-0.05, 0) is 24.1 Å². The number of nitrogens with two attached hydrogens (primary N) is 1. The highest BCUT2D eigenvalue weighted by Gasteiger charge is 2.19. The number of benzene rings is 1. The molecular weight excluding hydrogens is 268 g/mol. The van der Waals surface area contributed by atoms with Crippen molar-refractivity contribution in [2.45, 2.75) is 26.3 Å². The average molecular weight is 285 g/mol. The number of carbonyl (C=O) groups is 1. The van der Waals surface area contributed by atoms with Crippen LogP contribution in [0.25, 0.3) is 0 Å². The van der Waals surface area contributed by atoms with E-state index in [1.165, 1.54) is 0 Å². The van der Waals surface area contributed by atoms with Gasteiger partial charge in [0.05, 0.1) is 10.9 Å². The molecule has 3 nitrogen and oxygen atoms in total. The third kappa shape index (κ3) is 4.63. The molecule has 1 atom stereocenters. The summed E-state index contributed by atoms with van der Waals surface area (Å²) >= 11 is 10.7. The first-order chi connectivity index (χ1) is 8.54. The second-order valence-corrected chi connectivity index (χ2v) is 5.00. The van der Waals surface area contributed by atoms with Gasteiger partial charge in [0.25, 0.3) is 0 Å². The van der Waals surface area contributed by atoms with Crippen LogP contribution in [0.1, 0.15) is 25.3 Å². The summed E-state index contributed by atoms with van der Waals surface area (Å²) in [5.74, 6) is -0.489. The maximum atomic E-state index is 11.9. The first kappa shape index (κ1) is 14.9. The Labute approximate surface area is 118 Å². The monoisotopic (exact) mass is 284 g/mol. The van der Waals surface area contributed by atoms with Gasteiger partial charge < -0.3 is 11.1 Å². The number of hydrogen-bond donors (Lipinski definition) is 2. The van der Waals surface area contributed by atoms with Crippen molar-refractivity contribution in [3.05, 3.63) is 34.9 Å². The van der Waals surface area contributed by atoms with Crippen LogP contribution in [-0.2, 0) is 11.3 Å². The van der Waals surface area contributed by atoms with Gasteiger partial charge in [-0.2, -0.15) is 0 Å². The zero-order valence-corrected chi connectivity index (χ0v) is 11.9. The van der Waals surface area contributed by atoms with E-state index >= 15 is 0 Å². The summed E-state index contributed by atoms with van der Waals surface area (Å²) in [4.78, 5) is 12.2. The molecule has 0 aliphatic rings. The molecule has 0 fully saturated rings. The van der Waals surface area contributed by atoms with Gasteiger partial charge in [0.1, 0.15) is 0 Å². The number of halogens is 1. The molecule has 98 valence electrons. The molecule has 1 aromatic carbocycles. The summed E-state index contributed by atoms with van der Waals surface area (Å²) in [6, 6.07) is 7.33. The van der Waals surface area contributed by atoms with Gasteiger partial charge in [-0.3, -0.25) is 4.79 Å². The molecule has 1 amide bonds. The molecule has 18 heavy (non-hydrogen) atoms. The first-order valence-electron chi connectivity index (χ1n) is 5.86. The second-order valence-electron chi connectivity index (χ2n) is 4.09. The van der Waals surface area contributed by atoms with Crippen molar-refractivity contribution in [3.8, 4) is 0 Å². The molecule has 0 heterocycles. The molecule has 0 saturated carbocycles. The summed E-state index contributed by atoms with van der Waals surface area (Å²) in [7, 11) is 0. The summed E-state index contributed by atoms with van der Waals surface area (Å²) in [5.41, 5.74) is 6.56. The molecule has 0 spiro atoms. The molecule has 5 heteroatoms. The van der Waals surface area contributed by atoms with Crippen molar-refractivity contribution in [2.24, 2.45) is 11.7 Å². The lowest BCUT2D eigenvalue weighted by molar-refractivity contribution is -0.123. The van der Waals surface area contributed by atoms with E-state index in [0.29, 0.717) is 18.0 Å². The third-order valence-corrected chi connectivity index (χ3v) is 3.15. The maximum absolute atomic E-state index is 11.9. The fourth-order valence-corrected chi connectivity index (χ4v) is 1.96. The largest absolute Gasteiger partial charge is 0.393 e. The predicted octanol–water partition coefficient (Wildman–Crippen LogP) is 2.66. The van der Waals surface area contributed by atoms with E-state index < -0.39 is 0 Å². The minimum Gasteiger partial charge on any atom is -0.393 e. The molecule has 1 aromatic rings. The van der Waals surface area contributed by atoms with Crippen molar-refractivity contribution in [1.82, 2.24) is 5.32 Å². The number of rotatable bonds is 6. The number of thiocarbonyl (C=S) groups is 1. The Morgan fingerprint density at radius 1 is 1.44 bits per heavy atom. The minimum atomic E-state index is -0.377. The molecule has 0 aromatic heterocycles. The van der Waals surface area contributed by atoms with Crippen molar-refractivity contribution < 1.29 is 4.79 Å². The maximum Gasteiger partial charge on any atom is 0.230 e. The van der Waals surface area contributed by atoms with E-state index in [4.69, 9.17) is 29.6 Å². The number of nitrogens with one attached hydrogen (secondary N) is 1. The fraction of sp³-hybridized carbons (Fsp3) is 0.385. The SMILES string of the molecule is CCCC(C(=O)NCc1ccc(Cl)cc1)C(N)=S. The molecular formula is C13H17ClN2OS. The van der Waals surface area contributed by atoms with Crippen LogP contribution < -0.4 is 11.1 Å². The average Bonchev–Trinajstić information content (AvgIpc) is 2.34. The van der Waals surface area contributed by atoms with E-state index in [0.717, 1.165) is 12.0 Å². The van der Waals surface area contributed by atoms with Crippen molar-refractivity contribution in [2.75, 3.05) is 0 Å². The lowest BCUT2D eigenvalue weighted by Crippen LogP contribution is -2.37. The van der Waals surface area contributed by atoms with Crippen LogP contribution in [0.3, 0.4) is 0 Å². The fourth-order valence-electron chi connectivity index (χ4n) is 1.61. The number of hydrogen-bond acceptors (Lipinski definition) is 2. The zero-order chi connectivity index (χ0) is 13.5. The quantitative estimate of drug-likeness (QED) is 0.790. The molecule has 1 unspecified atom stereocenters. The molecule has 0 saturated heterocycles. The zero-order valence-electron chi connectivity index (χ0n) is 10.3. The Hall–Kier alpha value is -1.13. The highest BCUT2D eigenvalue weighted by atomic mass is 35.5. The molecule has 0 aliphatic heterocycles. The van der Waals surface area contributed by atoms with Gasteiger partial charge >= 0.3 is 0 Å². The third-order valence-electron chi connectivity index (χ3n) is 2.62. The van der Waals surface area contributed by atoms with E-state index in [1.54, 1.807) is 12.1 Å². The summed E-state index contributed by atoms with van der Waals surface area (Å²) in [5, 5.41) is 3.51. The Morgan fingerprint density at radius 2 is 2.06 bits per heavy atom.